The van der Waals surface area contributed by atoms with Crippen LogP contribution in [0.1, 0.15) is 19.3 Å². The Labute approximate surface area is 103 Å². The molecule has 0 aromatic rings. The van der Waals surface area contributed by atoms with Crippen LogP contribution in [0.5, 0.6) is 0 Å². The summed E-state index contributed by atoms with van der Waals surface area (Å²) >= 11 is 0. The number of rotatable bonds is 1. The lowest BCUT2D eigenvalue weighted by Crippen LogP contribution is -2.51. The summed E-state index contributed by atoms with van der Waals surface area (Å²) in [6.07, 6.45) is 2.94. The van der Waals surface area contributed by atoms with Crippen molar-refractivity contribution < 1.29 is 9.53 Å². The Morgan fingerprint density at radius 3 is 2.88 bits per heavy atom. The molecule has 0 bridgehead atoms. The Hall–Kier alpha value is -0.810. The summed E-state index contributed by atoms with van der Waals surface area (Å²) in [5.41, 5.74) is -0.0166. The fourth-order valence-electron chi connectivity index (χ4n) is 2.78. The fraction of sp³-hybridized carbons (Fsp3) is 0.917. The number of likely N-dealkylation sites (N-methyl/N-ethyl adjacent to an activating group) is 1. The van der Waals surface area contributed by atoms with Crippen LogP contribution >= 0.6 is 0 Å². The van der Waals surface area contributed by atoms with Gasteiger partial charge in [0.15, 0.2) is 0 Å². The summed E-state index contributed by atoms with van der Waals surface area (Å²) in [7, 11) is 5.67. The third kappa shape index (κ3) is 2.90. The molecule has 0 unspecified atom stereocenters. The van der Waals surface area contributed by atoms with Gasteiger partial charge in [-0.25, -0.2) is 4.79 Å². The second-order valence-electron chi connectivity index (χ2n) is 5.55. The first kappa shape index (κ1) is 12.6. The summed E-state index contributed by atoms with van der Waals surface area (Å²) < 4.78 is 5.96. The van der Waals surface area contributed by atoms with E-state index in [1.54, 1.807) is 19.0 Å². The molecule has 2 aliphatic rings. The van der Waals surface area contributed by atoms with Gasteiger partial charge in [-0.15, -0.1) is 0 Å². The summed E-state index contributed by atoms with van der Waals surface area (Å²) in [5.74, 6) is 0. The molecule has 0 aromatic carbocycles. The van der Waals surface area contributed by atoms with E-state index in [-0.39, 0.29) is 17.7 Å². The van der Waals surface area contributed by atoms with Crippen LogP contribution < -0.4 is 5.32 Å². The number of hydrogen-bond donors (Lipinski definition) is 1. The molecule has 2 heterocycles. The number of ether oxygens (including phenoxy) is 1. The standard InChI is InChI=1S/C12H23N3O2/c1-14(2)11(16)13-10-4-7-17-12(8-10)5-6-15(3)9-12/h10H,4-9H2,1-3H3,(H,13,16)/t10-,12+/m0/s1. The van der Waals surface area contributed by atoms with Crippen LogP contribution in [0.3, 0.4) is 0 Å². The van der Waals surface area contributed by atoms with Gasteiger partial charge in [-0.2, -0.15) is 0 Å². The third-order valence-electron chi connectivity index (χ3n) is 3.73. The van der Waals surface area contributed by atoms with E-state index in [1.807, 2.05) is 0 Å². The third-order valence-corrected chi connectivity index (χ3v) is 3.73. The zero-order chi connectivity index (χ0) is 12.5. The van der Waals surface area contributed by atoms with E-state index in [9.17, 15) is 4.79 Å². The van der Waals surface area contributed by atoms with Crippen molar-refractivity contribution in [1.82, 2.24) is 15.1 Å². The van der Waals surface area contributed by atoms with E-state index in [0.29, 0.717) is 0 Å². The maximum absolute atomic E-state index is 11.6. The minimum absolute atomic E-state index is 0.00148. The number of carbonyl (C=O) groups excluding carboxylic acids is 1. The quantitative estimate of drug-likeness (QED) is 0.727. The Balaban J connectivity index is 1.91. The summed E-state index contributed by atoms with van der Waals surface area (Å²) in [6, 6.07) is 0.253. The Bertz CT molecular complexity index is 291. The highest BCUT2D eigenvalue weighted by atomic mass is 16.5. The maximum atomic E-state index is 11.6. The van der Waals surface area contributed by atoms with Crippen molar-refractivity contribution in [2.45, 2.75) is 30.9 Å². The van der Waals surface area contributed by atoms with Crippen molar-refractivity contribution >= 4 is 6.03 Å². The molecule has 2 amide bonds. The molecule has 0 radical (unpaired) electrons. The number of nitrogens with one attached hydrogen (secondary N) is 1. The van der Waals surface area contributed by atoms with E-state index in [0.717, 1.165) is 39.0 Å². The lowest BCUT2D eigenvalue weighted by Gasteiger charge is -2.38. The van der Waals surface area contributed by atoms with Crippen LogP contribution in [0.25, 0.3) is 0 Å². The van der Waals surface area contributed by atoms with E-state index >= 15 is 0 Å². The molecule has 5 nitrogen and oxygen atoms in total. The minimum atomic E-state index is -0.0166. The van der Waals surface area contributed by atoms with Crippen molar-refractivity contribution in [2.24, 2.45) is 0 Å². The number of nitrogens with zero attached hydrogens (tertiary/aromatic N) is 2. The van der Waals surface area contributed by atoms with E-state index in [1.165, 1.54) is 0 Å². The van der Waals surface area contributed by atoms with Gasteiger partial charge in [-0.05, 0) is 26.3 Å². The molecule has 1 spiro atoms. The molecule has 5 heteroatoms. The Morgan fingerprint density at radius 1 is 1.53 bits per heavy atom. The number of carbonyl (C=O) groups is 1. The van der Waals surface area contributed by atoms with E-state index in [4.69, 9.17) is 4.74 Å². The van der Waals surface area contributed by atoms with Crippen molar-refractivity contribution in [3.8, 4) is 0 Å². The molecule has 2 rings (SSSR count). The number of likely N-dealkylation sites (tertiary alicyclic amines) is 1. The van der Waals surface area contributed by atoms with E-state index < -0.39 is 0 Å². The van der Waals surface area contributed by atoms with Gasteiger partial charge < -0.3 is 19.9 Å². The first-order valence-corrected chi connectivity index (χ1v) is 6.31. The van der Waals surface area contributed by atoms with Gasteiger partial charge in [0, 0.05) is 39.8 Å². The molecule has 17 heavy (non-hydrogen) atoms. The zero-order valence-electron chi connectivity index (χ0n) is 11.0. The molecule has 1 N–H and O–H groups in total. The summed E-state index contributed by atoms with van der Waals surface area (Å²) in [6.45, 7) is 2.84. The molecule has 0 aliphatic carbocycles. The lowest BCUT2D eigenvalue weighted by atomic mass is 9.89. The highest BCUT2D eigenvalue weighted by Crippen LogP contribution is 2.33. The summed E-state index contributed by atoms with van der Waals surface area (Å²) in [5, 5.41) is 3.07. The molecule has 2 aliphatic heterocycles. The second kappa shape index (κ2) is 4.82. The first-order chi connectivity index (χ1) is 8.01. The molecular formula is C12H23N3O2. The largest absolute Gasteiger partial charge is 0.373 e. The van der Waals surface area contributed by atoms with E-state index in [2.05, 4.69) is 17.3 Å². The lowest BCUT2D eigenvalue weighted by molar-refractivity contribution is -0.0779. The van der Waals surface area contributed by atoms with Gasteiger partial charge in [0.2, 0.25) is 0 Å². The predicted molar refractivity (Wildman–Crippen MR) is 66.0 cm³/mol. The highest BCUT2D eigenvalue weighted by molar-refractivity contribution is 5.73. The molecule has 0 aromatic heterocycles. The van der Waals surface area contributed by atoms with Crippen LogP contribution in [0.15, 0.2) is 0 Å². The molecule has 2 saturated heterocycles. The average Bonchev–Trinajstić information content (AvgIpc) is 2.59. The van der Waals surface area contributed by atoms with Gasteiger partial charge >= 0.3 is 6.03 Å². The normalized spacial score (nSPS) is 33.9. The summed E-state index contributed by atoms with van der Waals surface area (Å²) in [4.78, 5) is 15.5. The second-order valence-corrected chi connectivity index (χ2v) is 5.55. The Morgan fingerprint density at radius 2 is 2.29 bits per heavy atom. The first-order valence-electron chi connectivity index (χ1n) is 6.31. The molecular weight excluding hydrogens is 218 g/mol. The van der Waals surface area contributed by atoms with Gasteiger partial charge in [0.1, 0.15) is 0 Å². The van der Waals surface area contributed by atoms with Crippen LogP contribution in [0.2, 0.25) is 0 Å². The SMILES string of the molecule is CN1CC[C@@]2(C[C@@H](NC(=O)N(C)C)CCO2)C1. The zero-order valence-corrected chi connectivity index (χ0v) is 11.0. The molecule has 2 fully saturated rings. The molecule has 0 saturated carbocycles. The van der Waals surface area contributed by atoms with Crippen LogP contribution in [-0.2, 0) is 4.74 Å². The van der Waals surface area contributed by atoms with Gasteiger partial charge in [0.05, 0.1) is 5.60 Å². The molecule has 2 atom stereocenters. The number of amides is 2. The number of urea groups is 1. The highest BCUT2D eigenvalue weighted by Gasteiger charge is 2.42. The van der Waals surface area contributed by atoms with Crippen LogP contribution in [0.4, 0.5) is 4.79 Å². The predicted octanol–water partition coefficient (Wildman–Crippen LogP) is 0.511. The van der Waals surface area contributed by atoms with Crippen LogP contribution in [-0.4, -0.2) is 68.3 Å². The minimum Gasteiger partial charge on any atom is -0.373 e. The van der Waals surface area contributed by atoms with Gasteiger partial charge in [-0.1, -0.05) is 0 Å². The van der Waals surface area contributed by atoms with Gasteiger partial charge in [-0.3, -0.25) is 0 Å². The topological polar surface area (TPSA) is 44.8 Å². The number of hydrogen-bond acceptors (Lipinski definition) is 3. The maximum Gasteiger partial charge on any atom is 0.317 e. The fourth-order valence-corrected chi connectivity index (χ4v) is 2.78. The van der Waals surface area contributed by atoms with Gasteiger partial charge in [0.25, 0.3) is 0 Å². The van der Waals surface area contributed by atoms with Crippen LogP contribution in [0, 0.1) is 0 Å². The smallest absolute Gasteiger partial charge is 0.317 e. The monoisotopic (exact) mass is 241 g/mol. The van der Waals surface area contributed by atoms with Crippen molar-refractivity contribution in [3.63, 3.8) is 0 Å². The van der Waals surface area contributed by atoms with Crippen molar-refractivity contribution in [2.75, 3.05) is 40.8 Å². The van der Waals surface area contributed by atoms with Crippen molar-refractivity contribution in [1.29, 1.82) is 0 Å². The van der Waals surface area contributed by atoms with Crippen molar-refractivity contribution in [3.05, 3.63) is 0 Å². The molecule has 98 valence electrons. The Kier molecular flexibility index (Phi) is 3.58. The average molecular weight is 241 g/mol.